The summed E-state index contributed by atoms with van der Waals surface area (Å²) in [5.41, 5.74) is -0.593. The van der Waals surface area contributed by atoms with Gasteiger partial charge in [-0.2, -0.15) is 0 Å². The second kappa shape index (κ2) is 6.20. The summed E-state index contributed by atoms with van der Waals surface area (Å²) in [6, 6.07) is 12.9. The summed E-state index contributed by atoms with van der Waals surface area (Å²) in [6.07, 6.45) is 0. The van der Waals surface area contributed by atoms with Crippen molar-refractivity contribution in [3.8, 4) is 11.1 Å². The van der Waals surface area contributed by atoms with E-state index >= 15 is 0 Å². The minimum atomic E-state index is -1.72. The third kappa shape index (κ3) is 2.95. The van der Waals surface area contributed by atoms with Gasteiger partial charge >= 0.3 is 11.9 Å². The van der Waals surface area contributed by atoms with Crippen LogP contribution in [0, 0.1) is 11.7 Å². The molecular weight excluding hydrogens is 299 g/mol. The number of carboxylic acid groups (broad SMARTS) is 2. The van der Waals surface area contributed by atoms with E-state index in [1.807, 2.05) is 6.07 Å². The molecule has 0 aliphatic carbocycles. The zero-order valence-corrected chi connectivity index (χ0v) is 12.8. The van der Waals surface area contributed by atoms with E-state index in [9.17, 15) is 24.2 Å². The maximum Gasteiger partial charge on any atom is 0.314 e. The van der Waals surface area contributed by atoms with E-state index in [0.29, 0.717) is 11.1 Å². The maximum absolute atomic E-state index is 14.5. The normalized spacial score (nSPS) is 14.7. The van der Waals surface area contributed by atoms with Gasteiger partial charge in [0.1, 0.15) is 11.2 Å². The van der Waals surface area contributed by atoms with Crippen LogP contribution in [0.4, 0.5) is 4.39 Å². The first-order chi connectivity index (χ1) is 10.8. The van der Waals surface area contributed by atoms with Gasteiger partial charge in [0.2, 0.25) is 0 Å². The molecule has 0 aliphatic heterocycles. The van der Waals surface area contributed by atoms with E-state index in [2.05, 4.69) is 0 Å². The minimum Gasteiger partial charge on any atom is -0.481 e. The van der Waals surface area contributed by atoms with Gasteiger partial charge in [0.15, 0.2) is 0 Å². The van der Waals surface area contributed by atoms with Crippen LogP contribution in [0.1, 0.15) is 19.4 Å². The lowest BCUT2D eigenvalue weighted by Gasteiger charge is -2.29. The van der Waals surface area contributed by atoms with E-state index in [4.69, 9.17) is 0 Å². The lowest BCUT2D eigenvalue weighted by Crippen LogP contribution is -2.42. The van der Waals surface area contributed by atoms with Gasteiger partial charge in [-0.15, -0.1) is 0 Å². The Morgan fingerprint density at radius 2 is 1.70 bits per heavy atom. The van der Waals surface area contributed by atoms with Crippen molar-refractivity contribution in [2.75, 3.05) is 0 Å². The van der Waals surface area contributed by atoms with Crippen molar-refractivity contribution in [3.05, 3.63) is 59.9 Å². The van der Waals surface area contributed by atoms with Crippen molar-refractivity contribution in [2.45, 2.75) is 19.3 Å². The topological polar surface area (TPSA) is 74.6 Å². The lowest BCUT2D eigenvalue weighted by molar-refractivity contribution is -0.154. The molecule has 2 aromatic carbocycles. The number of aliphatic carboxylic acids is 2. The Bertz CT molecular complexity index is 742. The Morgan fingerprint density at radius 3 is 2.17 bits per heavy atom. The van der Waals surface area contributed by atoms with Crippen molar-refractivity contribution < 1.29 is 24.2 Å². The van der Waals surface area contributed by atoms with Crippen molar-refractivity contribution in [1.29, 1.82) is 0 Å². The molecule has 0 radical (unpaired) electrons. The first-order valence-electron chi connectivity index (χ1n) is 7.10. The van der Waals surface area contributed by atoms with Crippen LogP contribution >= 0.6 is 0 Å². The molecule has 0 spiro atoms. The molecule has 0 saturated carbocycles. The van der Waals surface area contributed by atoms with Gasteiger partial charge in [0.05, 0.1) is 5.92 Å². The molecule has 0 aliphatic rings. The van der Waals surface area contributed by atoms with Crippen molar-refractivity contribution in [2.24, 2.45) is 5.92 Å². The van der Waals surface area contributed by atoms with E-state index in [-0.39, 0.29) is 5.56 Å². The van der Waals surface area contributed by atoms with E-state index < -0.39 is 29.1 Å². The average molecular weight is 316 g/mol. The molecule has 23 heavy (non-hydrogen) atoms. The highest BCUT2D eigenvalue weighted by Gasteiger charge is 2.44. The molecule has 2 atom stereocenters. The molecule has 0 unspecified atom stereocenters. The lowest BCUT2D eigenvalue weighted by atomic mass is 9.72. The van der Waals surface area contributed by atoms with Gasteiger partial charge in [0.25, 0.3) is 0 Å². The highest BCUT2D eigenvalue weighted by Crippen LogP contribution is 2.35. The van der Waals surface area contributed by atoms with Crippen LogP contribution in [0.15, 0.2) is 48.5 Å². The molecule has 4 nitrogen and oxygen atoms in total. The highest BCUT2D eigenvalue weighted by atomic mass is 19.1. The summed E-state index contributed by atoms with van der Waals surface area (Å²) in [5.74, 6) is -4.34. The van der Waals surface area contributed by atoms with Crippen molar-refractivity contribution >= 4 is 11.9 Å². The van der Waals surface area contributed by atoms with Crippen LogP contribution in [0.2, 0.25) is 0 Å². The van der Waals surface area contributed by atoms with Gasteiger partial charge in [-0.3, -0.25) is 9.59 Å². The number of halogens is 1. The first-order valence-corrected chi connectivity index (χ1v) is 7.10. The molecule has 120 valence electrons. The first kappa shape index (κ1) is 16.7. The molecule has 0 heterocycles. The standard InChI is InChI=1S/C18H17FO4/c1-11(16(20)21)18(2,17(22)23)13-8-9-14(15(19)10-13)12-6-4-3-5-7-12/h3-11H,1-2H3,(H,20,21)(H,22,23)/t11-,18+/m1/s1. The number of benzene rings is 2. The predicted molar refractivity (Wildman–Crippen MR) is 83.6 cm³/mol. The van der Waals surface area contributed by atoms with Crippen LogP contribution in [0.25, 0.3) is 11.1 Å². The fraction of sp³-hybridized carbons (Fsp3) is 0.222. The fourth-order valence-electron chi connectivity index (χ4n) is 2.50. The third-order valence-electron chi connectivity index (χ3n) is 4.33. The average Bonchev–Trinajstić information content (AvgIpc) is 2.53. The quantitative estimate of drug-likeness (QED) is 0.884. The fourth-order valence-corrected chi connectivity index (χ4v) is 2.50. The van der Waals surface area contributed by atoms with Crippen molar-refractivity contribution in [3.63, 3.8) is 0 Å². The summed E-state index contributed by atoms with van der Waals surface area (Å²) < 4.78 is 14.5. The monoisotopic (exact) mass is 316 g/mol. The summed E-state index contributed by atoms with van der Waals surface area (Å²) in [6.45, 7) is 2.60. The Hall–Kier alpha value is -2.69. The zero-order valence-electron chi connectivity index (χ0n) is 12.8. The molecule has 2 N–H and O–H groups in total. The SMILES string of the molecule is C[C@H](C(=O)O)[C@](C)(C(=O)O)c1ccc(-c2ccccc2)c(F)c1. The van der Waals surface area contributed by atoms with Crippen LogP contribution in [-0.4, -0.2) is 22.2 Å². The van der Waals surface area contributed by atoms with Gasteiger partial charge in [-0.05, 0) is 24.1 Å². The number of carboxylic acids is 2. The zero-order chi connectivity index (χ0) is 17.2. The Labute approximate surface area is 133 Å². The van der Waals surface area contributed by atoms with Crippen LogP contribution in [0.5, 0.6) is 0 Å². The third-order valence-corrected chi connectivity index (χ3v) is 4.33. The molecule has 0 amide bonds. The Morgan fingerprint density at radius 1 is 1.09 bits per heavy atom. The smallest absolute Gasteiger partial charge is 0.314 e. The van der Waals surface area contributed by atoms with E-state index in [1.54, 1.807) is 24.3 Å². The minimum absolute atomic E-state index is 0.122. The summed E-state index contributed by atoms with van der Waals surface area (Å²) in [7, 11) is 0. The van der Waals surface area contributed by atoms with Crippen molar-refractivity contribution in [1.82, 2.24) is 0 Å². The summed E-state index contributed by atoms with van der Waals surface area (Å²) in [5, 5.41) is 18.7. The molecule has 0 fully saturated rings. The highest BCUT2D eigenvalue weighted by molar-refractivity contribution is 5.88. The molecular formula is C18H17FO4. The predicted octanol–water partition coefficient (Wildman–Crippen LogP) is 3.56. The molecule has 0 bridgehead atoms. The second-order valence-electron chi connectivity index (χ2n) is 5.63. The summed E-state index contributed by atoms with van der Waals surface area (Å²) >= 11 is 0. The van der Waals surface area contributed by atoms with Gasteiger partial charge in [-0.25, -0.2) is 4.39 Å². The molecule has 5 heteroatoms. The Balaban J connectivity index is 2.54. The number of carbonyl (C=O) groups is 2. The van der Waals surface area contributed by atoms with Gasteiger partial charge < -0.3 is 10.2 Å². The largest absolute Gasteiger partial charge is 0.481 e. The van der Waals surface area contributed by atoms with Crippen LogP contribution in [-0.2, 0) is 15.0 Å². The Kier molecular flexibility index (Phi) is 4.50. The van der Waals surface area contributed by atoms with Gasteiger partial charge in [-0.1, -0.05) is 49.4 Å². The number of rotatable bonds is 5. The molecule has 2 rings (SSSR count). The second-order valence-corrected chi connectivity index (χ2v) is 5.63. The molecule has 0 aromatic heterocycles. The van der Waals surface area contributed by atoms with E-state index in [1.165, 1.54) is 26.0 Å². The van der Waals surface area contributed by atoms with Crippen LogP contribution in [0.3, 0.4) is 0 Å². The number of hydrogen-bond donors (Lipinski definition) is 2. The molecule has 0 saturated heterocycles. The summed E-state index contributed by atoms with van der Waals surface area (Å²) in [4.78, 5) is 22.9. The van der Waals surface area contributed by atoms with Crippen LogP contribution < -0.4 is 0 Å². The number of hydrogen-bond acceptors (Lipinski definition) is 2. The van der Waals surface area contributed by atoms with Gasteiger partial charge in [0, 0.05) is 5.56 Å². The maximum atomic E-state index is 14.5. The molecule has 2 aromatic rings. The van der Waals surface area contributed by atoms with E-state index in [0.717, 1.165) is 6.07 Å².